The van der Waals surface area contributed by atoms with Crippen LogP contribution in [0, 0.1) is 0 Å². The molecule has 0 unspecified atom stereocenters. The average Bonchev–Trinajstić information content (AvgIpc) is 3.07. The molecular weight excluding hydrogens is 320 g/mol. The second kappa shape index (κ2) is 9.27. The smallest absolute Gasteiger partial charge is 0.191 e. The highest BCUT2D eigenvalue weighted by Crippen LogP contribution is 2.19. The number of hydrogen-bond donors (Lipinski definition) is 2. The van der Waals surface area contributed by atoms with Gasteiger partial charge in [-0.1, -0.05) is 26.0 Å². The fraction of sp³-hybridized carbons (Fsp3) is 0.444. The molecule has 0 amide bonds. The molecule has 0 aliphatic rings. The van der Waals surface area contributed by atoms with Gasteiger partial charge in [0, 0.05) is 17.8 Å². The van der Waals surface area contributed by atoms with E-state index in [0.29, 0.717) is 19.0 Å². The van der Waals surface area contributed by atoms with Crippen LogP contribution >= 0.6 is 11.3 Å². The van der Waals surface area contributed by atoms with E-state index in [-0.39, 0.29) is 0 Å². The van der Waals surface area contributed by atoms with E-state index in [1.54, 1.807) is 18.4 Å². The average molecular weight is 347 g/mol. The van der Waals surface area contributed by atoms with E-state index in [1.165, 1.54) is 5.01 Å². The minimum atomic E-state index is 0.471. The van der Waals surface area contributed by atoms with Crippen LogP contribution in [0.2, 0.25) is 0 Å². The normalized spacial score (nSPS) is 11.6. The summed E-state index contributed by atoms with van der Waals surface area (Å²) in [7, 11) is 1.67. The topological polar surface area (TPSA) is 58.5 Å². The molecule has 0 aliphatic heterocycles. The van der Waals surface area contributed by atoms with Crippen molar-refractivity contribution in [2.24, 2.45) is 4.99 Å². The number of ether oxygens (including phenoxy) is 1. The van der Waals surface area contributed by atoms with Crippen LogP contribution in [-0.2, 0) is 13.1 Å². The van der Waals surface area contributed by atoms with Gasteiger partial charge in [-0.05, 0) is 24.6 Å². The predicted molar refractivity (Wildman–Crippen MR) is 101 cm³/mol. The van der Waals surface area contributed by atoms with Crippen molar-refractivity contribution in [2.75, 3.05) is 13.7 Å². The van der Waals surface area contributed by atoms with Crippen molar-refractivity contribution in [1.29, 1.82) is 0 Å². The molecule has 1 heterocycles. The lowest BCUT2D eigenvalue weighted by atomic mass is 10.2. The summed E-state index contributed by atoms with van der Waals surface area (Å²) in [6, 6.07) is 7.96. The van der Waals surface area contributed by atoms with Gasteiger partial charge in [0.15, 0.2) is 5.96 Å². The van der Waals surface area contributed by atoms with Gasteiger partial charge in [-0.15, -0.1) is 11.3 Å². The molecule has 1 aromatic heterocycles. The summed E-state index contributed by atoms with van der Waals surface area (Å²) in [4.78, 5) is 9.27. The maximum absolute atomic E-state index is 5.25. The van der Waals surface area contributed by atoms with Crippen molar-refractivity contribution in [3.05, 3.63) is 45.9 Å². The van der Waals surface area contributed by atoms with Crippen LogP contribution in [0.3, 0.4) is 0 Å². The first kappa shape index (κ1) is 18.3. The Balaban J connectivity index is 1.96. The molecule has 0 aliphatic carbocycles. The summed E-state index contributed by atoms with van der Waals surface area (Å²) in [5.74, 6) is 2.11. The van der Waals surface area contributed by atoms with E-state index in [2.05, 4.69) is 46.8 Å². The van der Waals surface area contributed by atoms with Crippen LogP contribution in [0.25, 0.3) is 0 Å². The molecule has 0 fully saturated rings. The minimum absolute atomic E-state index is 0.471. The highest BCUT2D eigenvalue weighted by molar-refractivity contribution is 7.09. The summed E-state index contributed by atoms with van der Waals surface area (Å²) in [5.41, 5.74) is 2.16. The first-order valence-electron chi connectivity index (χ1n) is 8.21. The molecule has 130 valence electrons. The Hall–Kier alpha value is -2.08. The number of nitrogens with one attached hydrogen (secondary N) is 2. The molecule has 1 aromatic carbocycles. The van der Waals surface area contributed by atoms with E-state index in [1.807, 2.05) is 24.3 Å². The quantitative estimate of drug-likeness (QED) is 0.595. The van der Waals surface area contributed by atoms with Gasteiger partial charge in [0.2, 0.25) is 0 Å². The van der Waals surface area contributed by atoms with E-state index in [4.69, 9.17) is 4.74 Å². The minimum Gasteiger partial charge on any atom is -0.497 e. The number of nitrogens with zero attached hydrogens (tertiary/aromatic N) is 2. The number of benzene rings is 1. The highest BCUT2D eigenvalue weighted by Gasteiger charge is 2.06. The number of thiazole rings is 1. The molecule has 0 atom stereocenters. The Morgan fingerprint density at radius 3 is 2.83 bits per heavy atom. The van der Waals surface area contributed by atoms with E-state index in [9.17, 15) is 0 Å². The number of aromatic nitrogens is 1. The van der Waals surface area contributed by atoms with Crippen molar-refractivity contribution in [1.82, 2.24) is 15.6 Å². The second-order valence-corrected chi connectivity index (χ2v) is 6.62. The van der Waals surface area contributed by atoms with Gasteiger partial charge in [0.25, 0.3) is 0 Å². The summed E-state index contributed by atoms with van der Waals surface area (Å²) in [6.07, 6.45) is 0. The van der Waals surface area contributed by atoms with E-state index >= 15 is 0 Å². The number of aliphatic imine (C=N–C) groups is 1. The molecule has 0 radical (unpaired) electrons. The van der Waals surface area contributed by atoms with Gasteiger partial charge in [0.1, 0.15) is 5.75 Å². The third-order valence-corrected chi connectivity index (χ3v) is 4.59. The third kappa shape index (κ3) is 5.53. The highest BCUT2D eigenvalue weighted by atomic mass is 32.1. The van der Waals surface area contributed by atoms with Crippen LogP contribution in [-0.4, -0.2) is 24.6 Å². The molecule has 24 heavy (non-hydrogen) atoms. The zero-order valence-corrected chi connectivity index (χ0v) is 15.6. The standard InChI is InChI=1S/C18H26N4OS/c1-5-19-18(20-10-14-7-6-8-16(9-14)23-4)21-11-15-12-24-17(22-15)13(2)3/h6-9,12-13H,5,10-11H2,1-4H3,(H2,19,20,21). The molecule has 2 aromatic rings. The second-order valence-electron chi connectivity index (χ2n) is 5.73. The van der Waals surface area contributed by atoms with Gasteiger partial charge >= 0.3 is 0 Å². The zero-order chi connectivity index (χ0) is 17.4. The number of guanidine groups is 1. The van der Waals surface area contributed by atoms with Gasteiger partial charge in [-0.2, -0.15) is 0 Å². The molecule has 2 N–H and O–H groups in total. The third-order valence-electron chi connectivity index (χ3n) is 3.40. The molecule has 0 saturated carbocycles. The number of hydrogen-bond acceptors (Lipinski definition) is 4. The summed E-state index contributed by atoms with van der Waals surface area (Å²) < 4.78 is 5.25. The fourth-order valence-corrected chi connectivity index (χ4v) is 2.96. The van der Waals surface area contributed by atoms with Crippen LogP contribution in [0.5, 0.6) is 5.75 Å². The monoisotopic (exact) mass is 346 g/mol. The van der Waals surface area contributed by atoms with Crippen LogP contribution in [0.15, 0.2) is 34.6 Å². The first-order valence-corrected chi connectivity index (χ1v) is 9.09. The lowest BCUT2D eigenvalue weighted by molar-refractivity contribution is 0.414. The van der Waals surface area contributed by atoms with Crippen molar-refractivity contribution < 1.29 is 4.74 Å². The molecule has 0 saturated heterocycles. The van der Waals surface area contributed by atoms with Crippen molar-refractivity contribution in [3.8, 4) is 5.75 Å². The fourth-order valence-electron chi connectivity index (χ4n) is 2.13. The SMILES string of the molecule is CCNC(=NCc1cccc(OC)c1)NCc1csc(C(C)C)n1. The van der Waals surface area contributed by atoms with Gasteiger partial charge < -0.3 is 15.4 Å². The Kier molecular flexibility index (Phi) is 7.06. The van der Waals surface area contributed by atoms with E-state index < -0.39 is 0 Å². The van der Waals surface area contributed by atoms with Gasteiger partial charge in [0.05, 0.1) is 30.9 Å². The maximum atomic E-state index is 5.25. The zero-order valence-electron chi connectivity index (χ0n) is 14.8. The molecule has 6 heteroatoms. The lowest BCUT2D eigenvalue weighted by Crippen LogP contribution is -2.36. The van der Waals surface area contributed by atoms with Gasteiger partial charge in [-0.25, -0.2) is 9.98 Å². The molecular formula is C18H26N4OS. The van der Waals surface area contributed by atoms with Crippen LogP contribution in [0.4, 0.5) is 0 Å². The molecule has 0 bridgehead atoms. The van der Waals surface area contributed by atoms with Gasteiger partial charge in [-0.3, -0.25) is 0 Å². The van der Waals surface area contributed by atoms with Crippen LogP contribution < -0.4 is 15.4 Å². The Morgan fingerprint density at radius 2 is 2.17 bits per heavy atom. The Morgan fingerprint density at radius 1 is 1.33 bits per heavy atom. The van der Waals surface area contributed by atoms with Crippen molar-refractivity contribution >= 4 is 17.3 Å². The lowest BCUT2D eigenvalue weighted by Gasteiger charge is -2.10. The van der Waals surface area contributed by atoms with Crippen molar-refractivity contribution in [2.45, 2.75) is 39.8 Å². The summed E-state index contributed by atoms with van der Waals surface area (Å²) in [6.45, 7) is 8.47. The summed E-state index contributed by atoms with van der Waals surface area (Å²) >= 11 is 1.71. The number of rotatable bonds is 7. The number of methoxy groups -OCH3 is 1. The van der Waals surface area contributed by atoms with Crippen LogP contribution in [0.1, 0.15) is 43.0 Å². The molecule has 0 spiro atoms. The largest absolute Gasteiger partial charge is 0.497 e. The molecule has 2 rings (SSSR count). The Labute approximate surface area is 148 Å². The Bertz CT molecular complexity index is 667. The maximum Gasteiger partial charge on any atom is 0.191 e. The predicted octanol–water partition coefficient (Wildman–Crippen LogP) is 3.53. The molecule has 5 nitrogen and oxygen atoms in total. The van der Waals surface area contributed by atoms with Crippen molar-refractivity contribution in [3.63, 3.8) is 0 Å². The summed E-state index contributed by atoms with van der Waals surface area (Å²) in [5, 5.41) is 9.88. The first-order chi connectivity index (χ1) is 11.6. The van der Waals surface area contributed by atoms with E-state index in [0.717, 1.165) is 29.5 Å².